The fourth-order valence-corrected chi connectivity index (χ4v) is 3.79. The zero-order valence-corrected chi connectivity index (χ0v) is 21.7. The maximum atomic E-state index is 14.3. The van der Waals surface area contributed by atoms with E-state index in [1.165, 1.54) is 36.4 Å². The van der Waals surface area contributed by atoms with Gasteiger partial charge in [-0.2, -0.15) is 0 Å². The highest BCUT2D eigenvalue weighted by Crippen LogP contribution is 2.34. The topological polar surface area (TPSA) is 91.8 Å². The monoisotopic (exact) mass is 534 g/mol. The van der Waals surface area contributed by atoms with Gasteiger partial charge in [0.2, 0.25) is 0 Å². The Labute approximate surface area is 211 Å². The largest absolute Gasteiger partial charge is 0.507 e. The van der Waals surface area contributed by atoms with E-state index in [1.54, 1.807) is 30.3 Å². The average molecular weight is 535 g/mol. The Morgan fingerprint density at radius 2 is 1.91 bits per heavy atom. The minimum atomic E-state index is -1.89. The summed E-state index contributed by atoms with van der Waals surface area (Å²) in [6.07, 6.45) is 3.57. The van der Waals surface area contributed by atoms with Gasteiger partial charge < -0.3 is 15.7 Å². The van der Waals surface area contributed by atoms with E-state index in [1.807, 2.05) is 18.5 Å². The predicted octanol–water partition coefficient (Wildman–Crippen LogP) is 5.17. The van der Waals surface area contributed by atoms with E-state index in [-0.39, 0.29) is 34.8 Å². The molecule has 0 aliphatic rings. The summed E-state index contributed by atoms with van der Waals surface area (Å²) in [4.78, 5) is 22.3. The first-order valence-corrected chi connectivity index (χ1v) is 11.7. The normalized spacial score (nSPS) is 12.5. The molecule has 0 fully saturated rings. The van der Waals surface area contributed by atoms with Gasteiger partial charge in [0.05, 0.1) is 24.0 Å². The van der Waals surface area contributed by atoms with Crippen molar-refractivity contribution in [1.29, 1.82) is 0 Å². The maximum Gasteiger partial charge on any atom is 0.260 e. The quantitative estimate of drug-likeness (QED) is 0.323. The van der Waals surface area contributed by atoms with E-state index in [2.05, 4.69) is 9.98 Å². The van der Waals surface area contributed by atoms with Crippen LogP contribution in [0.2, 0.25) is 5.02 Å². The molecule has 3 aromatic rings. The molecule has 11 heteroatoms. The average Bonchev–Trinajstić information content (AvgIpc) is 2.80. The number of anilines is 1. The molecule has 6 nitrogen and oxygen atoms in total. The van der Waals surface area contributed by atoms with Crippen LogP contribution in [0.5, 0.6) is 5.75 Å². The fraction of sp³-hybridized carbons (Fsp3) is 0.125. The molecule has 35 heavy (non-hydrogen) atoms. The predicted molar refractivity (Wildman–Crippen MR) is 143 cm³/mol. The van der Waals surface area contributed by atoms with Crippen LogP contribution in [-0.2, 0) is 6.54 Å². The summed E-state index contributed by atoms with van der Waals surface area (Å²) < 4.78 is 28.0. The van der Waals surface area contributed by atoms with E-state index >= 15 is 0 Å². The second-order valence-electron chi connectivity index (χ2n) is 7.59. The zero-order chi connectivity index (χ0) is 25.8. The molecule has 2 atom stereocenters. The minimum Gasteiger partial charge on any atom is -0.507 e. The van der Waals surface area contributed by atoms with Crippen LogP contribution < -0.4 is 10.6 Å². The summed E-state index contributed by atoms with van der Waals surface area (Å²) in [6, 6.07) is 12.4. The molecule has 3 rings (SSSR count). The third-order valence-electron chi connectivity index (χ3n) is 4.98. The molecular formula is C24H23ClF2N4O2P2. The van der Waals surface area contributed by atoms with Gasteiger partial charge >= 0.3 is 0 Å². The van der Waals surface area contributed by atoms with E-state index in [0.29, 0.717) is 10.7 Å². The number of pyridine rings is 1. The van der Waals surface area contributed by atoms with Gasteiger partial charge in [-0.25, -0.2) is 8.78 Å². The Hall–Kier alpha value is -2.92. The molecule has 1 aromatic heterocycles. The van der Waals surface area contributed by atoms with E-state index < -0.39 is 16.9 Å². The highest BCUT2D eigenvalue weighted by atomic mass is 35.5. The Balaban J connectivity index is 2.02. The van der Waals surface area contributed by atoms with Crippen molar-refractivity contribution in [3.63, 3.8) is 0 Å². The number of phenolic OH excluding ortho intramolecular Hbond substituents is 1. The molecule has 0 saturated carbocycles. The molecule has 0 saturated heterocycles. The van der Waals surface area contributed by atoms with Gasteiger partial charge in [-0.3, -0.25) is 14.8 Å². The van der Waals surface area contributed by atoms with Crippen LogP contribution in [0, 0.1) is 5.82 Å². The first kappa shape index (κ1) is 26.7. The standard InChI is InChI=1S/C24H23ClF2N4O2P2/c1-29-22(24(27,34)35)10-20(28)19-7-6-18(9-21(19)32)31(13-14-2-4-16(25)5-3-14)23(33)15-8-17(26)12-30-11-15/h2-12,32H,13,28,34-35H2,1H3/b20-10-,29-22?. The van der Waals surface area contributed by atoms with Crippen LogP contribution in [0.3, 0.4) is 0 Å². The minimum absolute atomic E-state index is 0.0333. The molecule has 1 amide bonds. The summed E-state index contributed by atoms with van der Waals surface area (Å²) >= 11 is 5.97. The number of allylic oxidation sites excluding steroid dienone is 1. The first-order valence-electron chi connectivity index (χ1n) is 10.2. The lowest BCUT2D eigenvalue weighted by Gasteiger charge is -2.24. The summed E-state index contributed by atoms with van der Waals surface area (Å²) in [5.41, 5.74) is 7.53. The van der Waals surface area contributed by atoms with Gasteiger partial charge in [0.1, 0.15) is 11.6 Å². The highest BCUT2D eigenvalue weighted by molar-refractivity contribution is 7.42. The van der Waals surface area contributed by atoms with Crippen LogP contribution in [0.15, 0.2) is 72.0 Å². The van der Waals surface area contributed by atoms with E-state index in [0.717, 1.165) is 17.8 Å². The van der Waals surface area contributed by atoms with Crippen molar-refractivity contribution in [2.75, 3.05) is 11.9 Å². The number of aromatic hydroxyl groups is 1. The van der Waals surface area contributed by atoms with Crippen molar-refractivity contribution in [2.24, 2.45) is 10.7 Å². The Morgan fingerprint density at radius 3 is 2.49 bits per heavy atom. The number of aromatic nitrogens is 1. The molecule has 0 radical (unpaired) electrons. The number of benzene rings is 2. The molecule has 0 aliphatic carbocycles. The molecule has 1 heterocycles. The number of phenols is 1. The van der Waals surface area contributed by atoms with Gasteiger partial charge in [0, 0.05) is 41.3 Å². The van der Waals surface area contributed by atoms with Crippen molar-refractivity contribution in [2.45, 2.75) is 11.7 Å². The number of rotatable bonds is 7. The molecule has 2 aromatic carbocycles. The van der Waals surface area contributed by atoms with Gasteiger partial charge in [0.25, 0.3) is 5.91 Å². The number of hydrogen-bond donors (Lipinski definition) is 2. The number of halogens is 3. The lowest BCUT2D eigenvalue weighted by Crippen LogP contribution is -2.30. The first-order chi connectivity index (χ1) is 16.5. The van der Waals surface area contributed by atoms with Crippen LogP contribution in [-0.4, -0.2) is 33.9 Å². The molecule has 0 spiro atoms. The van der Waals surface area contributed by atoms with Crippen molar-refractivity contribution < 1.29 is 18.7 Å². The third-order valence-corrected chi connectivity index (χ3v) is 5.82. The zero-order valence-electron chi connectivity index (χ0n) is 18.6. The van der Waals surface area contributed by atoms with Crippen LogP contribution >= 0.6 is 30.1 Å². The number of carbonyl (C=O) groups is 1. The number of nitrogens with two attached hydrogens (primary N) is 1. The van der Waals surface area contributed by atoms with Crippen molar-refractivity contribution in [3.8, 4) is 5.75 Å². The number of hydrogen-bond acceptors (Lipinski definition) is 5. The number of carbonyl (C=O) groups excluding carboxylic acids is 1. The molecular weight excluding hydrogens is 512 g/mol. The SMILES string of the molecule is CN=C(/C=C(\N)c1ccc(N(Cc2ccc(Cl)cc2)C(=O)c2cncc(F)c2)cc1O)C(F)(P)P. The highest BCUT2D eigenvalue weighted by Gasteiger charge is 2.24. The lowest BCUT2D eigenvalue weighted by atomic mass is 10.1. The number of alkyl halides is 1. The van der Waals surface area contributed by atoms with Gasteiger partial charge in [-0.05, 0) is 42.0 Å². The summed E-state index contributed by atoms with van der Waals surface area (Å²) in [6.45, 7) is 0.105. The van der Waals surface area contributed by atoms with E-state index in [9.17, 15) is 18.7 Å². The summed E-state index contributed by atoms with van der Waals surface area (Å²) in [5, 5.41) is 9.35. The molecule has 0 aliphatic heterocycles. The van der Waals surface area contributed by atoms with Crippen molar-refractivity contribution in [3.05, 3.63) is 94.5 Å². The second kappa shape index (κ2) is 11.2. The maximum absolute atomic E-state index is 14.3. The summed E-state index contributed by atoms with van der Waals surface area (Å²) in [7, 11) is 5.42. The Bertz CT molecular complexity index is 1300. The van der Waals surface area contributed by atoms with Gasteiger partial charge in [-0.15, -0.1) is 0 Å². The third kappa shape index (κ3) is 6.82. The Kier molecular flexibility index (Phi) is 8.55. The molecule has 182 valence electrons. The number of amides is 1. The summed E-state index contributed by atoms with van der Waals surface area (Å²) in [5.74, 6) is -1.43. The number of nitrogens with zero attached hydrogens (tertiary/aromatic N) is 3. The van der Waals surface area contributed by atoms with Crippen LogP contribution in [0.1, 0.15) is 21.5 Å². The smallest absolute Gasteiger partial charge is 0.260 e. The van der Waals surface area contributed by atoms with Crippen molar-refractivity contribution in [1.82, 2.24) is 4.98 Å². The van der Waals surface area contributed by atoms with E-state index in [4.69, 9.17) is 17.3 Å². The van der Waals surface area contributed by atoms with Crippen LogP contribution in [0.25, 0.3) is 5.70 Å². The fourth-order valence-electron chi connectivity index (χ4n) is 3.24. The second-order valence-corrected chi connectivity index (χ2v) is 10.4. The molecule has 0 bridgehead atoms. The molecule has 2 unspecified atom stereocenters. The van der Waals surface area contributed by atoms with Gasteiger partial charge in [-0.1, -0.05) is 42.2 Å². The Morgan fingerprint density at radius 1 is 1.23 bits per heavy atom. The lowest BCUT2D eigenvalue weighted by molar-refractivity contribution is 0.0984. The van der Waals surface area contributed by atoms with Crippen LogP contribution in [0.4, 0.5) is 14.5 Å². The van der Waals surface area contributed by atoms with Gasteiger partial charge in [0.15, 0.2) is 5.15 Å². The number of aliphatic imine (C=N–C) groups is 1. The molecule has 3 N–H and O–H groups in total. The van der Waals surface area contributed by atoms with Crippen molar-refractivity contribution >= 4 is 53.1 Å².